The first-order chi connectivity index (χ1) is 15.4. The van der Waals surface area contributed by atoms with E-state index in [9.17, 15) is 0 Å². The third-order valence-electron chi connectivity index (χ3n) is 8.03. The number of aromatic nitrogens is 3. The number of fused-ring (bicyclic) bond motifs is 1. The zero-order valence-corrected chi connectivity index (χ0v) is 27.6. The van der Waals surface area contributed by atoms with Gasteiger partial charge in [-0.3, -0.25) is 0 Å². The number of anilines is 1. The van der Waals surface area contributed by atoms with Crippen molar-refractivity contribution in [3.63, 3.8) is 0 Å². The van der Waals surface area contributed by atoms with Crippen LogP contribution in [0, 0.1) is 3.57 Å². The van der Waals surface area contributed by atoms with Gasteiger partial charge >= 0.3 is 0 Å². The van der Waals surface area contributed by atoms with Gasteiger partial charge in [0.1, 0.15) is 17.0 Å². The second kappa shape index (κ2) is 9.59. The first-order valence-electron chi connectivity index (χ1n) is 12.2. The molecule has 0 spiro atoms. The summed E-state index contributed by atoms with van der Waals surface area (Å²) in [5.41, 5.74) is 0.818. The van der Waals surface area contributed by atoms with Crippen LogP contribution in [0.1, 0.15) is 67.5 Å². The topological polar surface area (TPSA) is 61.2 Å². The highest BCUT2D eigenvalue weighted by Crippen LogP contribution is 2.43. The van der Waals surface area contributed by atoms with Crippen LogP contribution in [-0.4, -0.2) is 43.3 Å². The summed E-state index contributed by atoms with van der Waals surface area (Å²) in [6.07, 6.45) is 3.81. The fourth-order valence-electron chi connectivity index (χ4n) is 3.72. The Morgan fingerprint density at radius 1 is 1.15 bits per heavy atom. The summed E-state index contributed by atoms with van der Waals surface area (Å²) in [5.74, 6) is 0.596. The Hall–Kier alpha value is -0.206. The number of hydrogen-bond acceptors (Lipinski definition) is 5. The van der Waals surface area contributed by atoms with Gasteiger partial charge in [0.05, 0.1) is 17.6 Å². The molecule has 0 unspecified atom stereocenters. The van der Waals surface area contributed by atoms with Gasteiger partial charge in [-0.05, 0) is 52.2 Å². The van der Waals surface area contributed by atoms with Crippen molar-refractivity contribution in [1.82, 2.24) is 14.5 Å². The Balaban J connectivity index is 1.97. The largest absolute Gasteiger partial charge is 0.411 e. The molecule has 2 aromatic rings. The molecular formula is C24H42ClIN4O2Si2. The minimum absolute atomic E-state index is 0.0661. The lowest BCUT2D eigenvalue weighted by Gasteiger charge is -2.39. The molecule has 0 bridgehead atoms. The van der Waals surface area contributed by atoms with Crippen molar-refractivity contribution < 1.29 is 9.16 Å². The number of nitrogens with one attached hydrogen (secondary N) is 1. The van der Waals surface area contributed by atoms with Crippen molar-refractivity contribution in [2.45, 2.75) is 116 Å². The van der Waals surface area contributed by atoms with E-state index in [-0.39, 0.29) is 28.5 Å². The average molecular weight is 637 g/mol. The minimum Gasteiger partial charge on any atom is -0.411 e. The quantitative estimate of drug-likeness (QED) is 0.197. The van der Waals surface area contributed by atoms with Crippen LogP contribution in [0.25, 0.3) is 11.0 Å². The second-order valence-corrected chi connectivity index (χ2v) is 23.9. The zero-order chi connectivity index (χ0) is 25.9. The Morgan fingerprint density at radius 2 is 1.76 bits per heavy atom. The van der Waals surface area contributed by atoms with Crippen molar-refractivity contribution in [3.05, 3.63) is 14.9 Å². The number of rotatable bonds is 6. The standard InChI is InChI=1S/C24H42ClIN4O2Si2/c1-12-16-17(32-34(10,11)24(5,6)7)13-18(31-16)30-14-15(26)19-20(25)27-22(28-21(19)30)29-33(8,9)23(2,3)4/h14,16-18H,12-13H2,1-11H3,(H,27,28,29)/t16-,17-,18-/m1/s1. The van der Waals surface area contributed by atoms with E-state index in [0.29, 0.717) is 11.1 Å². The molecule has 0 radical (unpaired) electrons. The SMILES string of the molecule is CC[C@H]1O[C@@H](n2cc(I)c3c(Cl)nc(N[Si](C)(C)C(C)(C)C)nc32)C[C@H]1O[Si](C)(C)C(C)(C)C. The van der Waals surface area contributed by atoms with Crippen molar-refractivity contribution in [1.29, 1.82) is 0 Å². The minimum atomic E-state index is -1.91. The van der Waals surface area contributed by atoms with Gasteiger partial charge in [0.15, 0.2) is 16.6 Å². The average Bonchev–Trinajstić information content (AvgIpc) is 3.19. The highest BCUT2D eigenvalue weighted by atomic mass is 127. The van der Waals surface area contributed by atoms with Gasteiger partial charge in [0, 0.05) is 16.2 Å². The van der Waals surface area contributed by atoms with Gasteiger partial charge in [-0.2, -0.15) is 4.98 Å². The Morgan fingerprint density at radius 3 is 2.29 bits per heavy atom. The van der Waals surface area contributed by atoms with Crippen LogP contribution in [0.4, 0.5) is 5.95 Å². The highest BCUT2D eigenvalue weighted by Gasteiger charge is 2.45. The molecule has 3 rings (SSSR count). The van der Waals surface area contributed by atoms with Crippen molar-refractivity contribution in [2.75, 3.05) is 4.98 Å². The van der Waals surface area contributed by atoms with Crippen LogP contribution in [0.5, 0.6) is 0 Å². The monoisotopic (exact) mass is 636 g/mol. The number of nitrogens with zero attached hydrogens (tertiary/aromatic N) is 3. The zero-order valence-electron chi connectivity index (χ0n) is 22.6. The van der Waals surface area contributed by atoms with E-state index in [4.69, 9.17) is 25.7 Å². The Kier molecular flexibility index (Phi) is 8.00. The molecule has 34 heavy (non-hydrogen) atoms. The van der Waals surface area contributed by atoms with E-state index in [0.717, 1.165) is 27.4 Å². The maximum absolute atomic E-state index is 6.82. The fourth-order valence-corrected chi connectivity index (χ4v) is 7.34. The summed E-state index contributed by atoms with van der Waals surface area (Å²) < 4.78 is 16.6. The molecule has 3 heterocycles. The van der Waals surface area contributed by atoms with Gasteiger partial charge < -0.3 is 18.7 Å². The summed E-state index contributed by atoms with van der Waals surface area (Å²) in [5, 5.41) is 1.66. The van der Waals surface area contributed by atoms with Gasteiger partial charge in [0.25, 0.3) is 0 Å². The van der Waals surface area contributed by atoms with E-state index in [1.807, 2.05) is 0 Å². The number of halogens is 2. The maximum Gasteiger partial charge on any atom is 0.218 e. The van der Waals surface area contributed by atoms with E-state index >= 15 is 0 Å². The molecule has 1 aliphatic heterocycles. The Bertz CT molecular complexity index is 1050. The number of hydrogen-bond donors (Lipinski definition) is 1. The molecule has 6 nitrogen and oxygen atoms in total. The lowest BCUT2D eigenvalue weighted by Crippen LogP contribution is -2.46. The summed E-state index contributed by atoms with van der Waals surface area (Å²) in [6, 6.07) is 0. The lowest BCUT2D eigenvalue weighted by molar-refractivity contribution is -0.0160. The summed E-state index contributed by atoms with van der Waals surface area (Å²) in [4.78, 5) is 13.2. The molecular weight excluding hydrogens is 595 g/mol. The molecule has 10 heteroatoms. The summed E-state index contributed by atoms with van der Waals surface area (Å²) in [7, 11) is -3.77. The van der Waals surface area contributed by atoms with Crippen LogP contribution in [0.15, 0.2) is 6.20 Å². The van der Waals surface area contributed by atoms with Crippen LogP contribution in [-0.2, 0) is 9.16 Å². The van der Waals surface area contributed by atoms with Gasteiger partial charge in [-0.15, -0.1) is 0 Å². The third-order valence-corrected chi connectivity index (χ3v) is 18.2. The van der Waals surface area contributed by atoms with Crippen LogP contribution >= 0.6 is 34.2 Å². The van der Waals surface area contributed by atoms with E-state index < -0.39 is 16.6 Å². The normalized spacial score (nSPS) is 22.6. The second-order valence-electron chi connectivity index (χ2n) is 12.6. The summed E-state index contributed by atoms with van der Waals surface area (Å²) in [6.45, 7) is 25.0. The van der Waals surface area contributed by atoms with Gasteiger partial charge in [-0.25, -0.2) is 4.98 Å². The lowest BCUT2D eigenvalue weighted by atomic mass is 10.1. The highest BCUT2D eigenvalue weighted by molar-refractivity contribution is 14.1. The maximum atomic E-state index is 6.82. The van der Waals surface area contributed by atoms with E-state index in [2.05, 4.69) is 118 Å². The predicted octanol–water partition coefficient (Wildman–Crippen LogP) is 8.19. The molecule has 0 aliphatic carbocycles. The van der Waals surface area contributed by atoms with Crippen molar-refractivity contribution >= 4 is 67.7 Å². The van der Waals surface area contributed by atoms with Crippen LogP contribution in [0.3, 0.4) is 0 Å². The van der Waals surface area contributed by atoms with E-state index in [1.165, 1.54) is 0 Å². The molecule has 0 aromatic carbocycles. The molecule has 192 valence electrons. The molecule has 1 fully saturated rings. The van der Waals surface area contributed by atoms with Crippen molar-refractivity contribution in [3.8, 4) is 0 Å². The van der Waals surface area contributed by atoms with Gasteiger partial charge in [0.2, 0.25) is 5.95 Å². The number of ether oxygens (including phenoxy) is 1. The molecule has 1 aliphatic rings. The molecule has 0 amide bonds. The van der Waals surface area contributed by atoms with Gasteiger partial charge in [-0.1, -0.05) is 73.2 Å². The molecule has 1 N–H and O–H groups in total. The molecule has 2 aromatic heterocycles. The predicted molar refractivity (Wildman–Crippen MR) is 157 cm³/mol. The molecule has 3 atom stereocenters. The third kappa shape index (κ3) is 5.54. The fraction of sp³-hybridized carbons (Fsp3) is 0.750. The first-order valence-corrected chi connectivity index (χ1v) is 19.6. The first kappa shape index (κ1) is 28.4. The summed E-state index contributed by atoms with van der Waals surface area (Å²) >= 11 is 9.02. The van der Waals surface area contributed by atoms with Crippen LogP contribution < -0.4 is 4.98 Å². The molecule has 1 saturated heterocycles. The smallest absolute Gasteiger partial charge is 0.218 e. The Labute approximate surface area is 226 Å². The van der Waals surface area contributed by atoms with Crippen LogP contribution in [0.2, 0.25) is 41.4 Å². The van der Waals surface area contributed by atoms with Crippen molar-refractivity contribution in [2.24, 2.45) is 0 Å². The van der Waals surface area contributed by atoms with E-state index in [1.54, 1.807) is 0 Å². The molecule has 0 saturated carbocycles.